The largest absolute Gasteiger partial charge is 0.383 e. The van der Waals surface area contributed by atoms with Crippen molar-refractivity contribution in [1.29, 1.82) is 0 Å². The van der Waals surface area contributed by atoms with Gasteiger partial charge in [-0.2, -0.15) is 5.10 Å². The highest BCUT2D eigenvalue weighted by atomic mass is 19.1. The fourth-order valence-corrected chi connectivity index (χ4v) is 4.19. The number of aromatic amines is 1. The van der Waals surface area contributed by atoms with Crippen LogP contribution in [0.1, 0.15) is 36.7 Å². The van der Waals surface area contributed by atoms with E-state index in [1.165, 1.54) is 0 Å². The van der Waals surface area contributed by atoms with E-state index in [0.29, 0.717) is 41.3 Å². The standard InChI is InChI=1S/C24H22F2N6O/c1-12(2)23-28-22(27)20-21(30-31-24(20)29-23)14-3-6-18-13(9-14)7-8-32(18)19(33)11-15-10-16(25)4-5-17(15)26/h3-6,9-10,12H,7-8,11H2,1-2H3,(H3,27,28,29,30,31). The molecule has 5 rings (SSSR count). The van der Waals surface area contributed by atoms with Gasteiger partial charge in [-0.15, -0.1) is 0 Å². The maximum absolute atomic E-state index is 14.0. The maximum Gasteiger partial charge on any atom is 0.231 e. The number of nitrogen functional groups attached to an aromatic ring is 1. The second kappa shape index (κ2) is 7.91. The van der Waals surface area contributed by atoms with Crippen LogP contribution in [0.2, 0.25) is 0 Å². The molecular weight excluding hydrogens is 426 g/mol. The molecule has 3 heterocycles. The van der Waals surface area contributed by atoms with Gasteiger partial charge in [0.25, 0.3) is 0 Å². The smallest absolute Gasteiger partial charge is 0.231 e. The van der Waals surface area contributed by atoms with Crippen molar-refractivity contribution in [2.24, 2.45) is 0 Å². The summed E-state index contributed by atoms with van der Waals surface area (Å²) in [6.45, 7) is 4.45. The van der Waals surface area contributed by atoms with Crippen LogP contribution in [-0.2, 0) is 17.6 Å². The van der Waals surface area contributed by atoms with Gasteiger partial charge in [0.15, 0.2) is 5.65 Å². The van der Waals surface area contributed by atoms with Gasteiger partial charge in [0.2, 0.25) is 5.91 Å². The Kier molecular flexibility index (Phi) is 5.03. The number of aromatic nitrogens is 4. The molecule has 2 aromatic carbocycles. The van der Waals surface area contributed by atoms with Crippen molar-refractivity contribution in [1.82, 2.24) is 20.2 Å². The number of hydrogen-bond donors (Lipinski definition) is 2. The molecule has 1 aliphatic heterocycles. The summed E-state index contributed by atoms with van der Waals surface area (Å²) in [6.07, 6.45) is 0.443. The van der Waals surface area contributed by atoms with Crippen LogP contribution in [0.5, 0.6) is 0 Å². The Hall–Kier alpha value is -3.88. The zero-order valence-corrected chi connectivity index (χ0v) is 18.2. The van der Waals surface area contributed by atoms with E-state index in [0.717, 1.165) is 35.0 Å². The molecule has 0 aliphatic carbocycles. The average molecular weight is 448 g/mol. The van der Waals surface area contributed by atoms with E-state index in [2.05, 4.69) is 20.2 Å². The lowest BCUT2D eigenvalue weighted by molar-refractivity contribution is -0.117. The SMILES string of the molecule is CC(C)c1nc(N)c2c(-c3ccc4c(c3)CCN4C(=O)Cc3cc(F)ccc3F)[nH]nc2n1. The number of nitrogens with two attached hydrogens (primary N) is 1. The first-order chi connectivity index (χ1) is 15.8. The van der Waals surface area contributed by atoms with E-state index in [9.17, 15) is 13.6 Å². The summed E-state index contributed by atoms with van der Waals surface area (Å²) in [5, 5.41) is 7.99. The third-order valence-corrected chi connectivity index (χ3v) is 5.89. The lowest BCUT2D eigenvalue weighted by Crippen LogP contribution is -2.30. The first-order valence-electron chi connectivity index (χ1n) is 10.7. The van der Waals surface area contributed by atoms with Crippen LogP contribution in [0.4, 0.5) is 20.3 Å². The Morgan fingerprint density at radius 1 is 1.18 bits per heavy atom. The van der Waals surface area contributed by atoms with Crippen molar-refractivity contribution in [3.05, 3.63) is 65.0 Å². The molecule has 3 N–H and O–H groups in total. The van der Waals surface area contributed by atoms with Crippen LogP contribution >= 0.6 is 0 Å². The Morgan fingerprint density at radius 2 is 2.00 bits per heavy atom. The van der Waals surface area contributed by atoms with E-state index >= 15 is 0 Å². The molecule has 1 amide bonds. The molecule has 1 aliphatic rings. The third-order valence-electron chi connectivity index (χ3n) is 5.89. The second-order valence-corrected chi connectivity index (χ2v) is 8.47. The normalized spacial score (nSPS) is 13.2. The van der Waals surface area contributed by atoms with Crippen LogP contribution in [0.25, 0.3) is 22.3 Å². The maximum atomic E-state index is 14.0. The van der Waals surface area contributed by atoms with E-state index in [1.807, 2.05) is 32.0 Å². The lowest BCUT2D eigenvalue weighted by Gasteiger charge is -2.18. The van der Waals surface area contributed by atoms with Gasteiger partial charge < -0.3 is 10.6 Å². The summed E-state index contributed by atoms with van der Waals surface area (Å²) in [6, 6.07) is 8.84. The number of fused-ring (bicyclic) bond motifs is 2. The molecule has 0 bridgehead atoms. The van der Waals surface area contributed by atoms with Crippen LogP contribution in [0.15, 0.2) is 36.4 Å². The van der Waals surface area contributed by atoms with Crippen molar-refractivity contribution in [3.63, 3.8) is 0 Å². The molecule has 33 heavy (non-hydrogen) atoms. The summed E-state index contributed by atoms with van der Waals surface area (Å²) in [5.41, 5.74) is 10.1. The quantitative estimate of drug-likeness (QED) is 0.489. The number of amides is 1. The average Bonchev–Trinajstić information content (AvgIpc) is 3.40. The molecule has 0 saturated carbocycles. The monoisotopic (exact) mass is 448 g/mol. The van der Waals surface area contributed by atoms with Gasteiger partial charge >= 0.3 is 0 Å². The summed E-state index contributed by atoms with van der Waals surface area (Å²) < 4.78 is 27.5. The van der Waals surface area contributed by atoms with Crippen LogP contribution in [-0.4, -0.2) is 32.6 Å². The highest BCUT2D eigenvalue weighted by Crippen LogP contribution is 2.35. The second-order valence-electron chi connectivity index (χ2n) is 8.47. The number of carbonyl (C=O) groups is 1. The number of carbonyl (C=O) groups excluding carboxylic acids is 1. The van der Waals surface area contributed by atoms with E-state index in [-0.39, 0.29) is 23.8 Å². The summed E-state index contributed by atoms with van der Waals surface area (Å²) in [7, 11) is 0. The van der Waals surface area contributed by atoms with Crippen molar-refractivity contribution < 1.29 is 13.6 Å². The molecule has 0 spiro atoms. The molecule has 0 atom stereocenters. The zero-order chi connectivity index (χ0) is 23.3. The van der Waals surface area contributed by atoms with Crippen molar-refractivity contribution in [2.45, 2.75) is 32.6 Å². The topological polar surface area (TPSA) is 101 Å². The van der Waals surface area contributed by atoms with Crippen LogP contribution in [0.3, 0.4) is 0 Å². The number of benzene rings is 2. The van der Waals surface area contributed by atoms with Gasteiger partial charge in [0.05, 0.1) is 17.5 Å². The molecule has 0 radical (unpaired) electrons. The first-order valence-corrected chi connectivity index (χ1v) is 10.7. The van der Waals surface area contributed by atoms with Crippen LogP contribution < -0.4 is 10.6 Å². The molecule has 0 fully saturated rings. The fraction of sp³-hybridized carbons (Fsp3) is 0.250. The predicted molar refractivity (Wildman–Crippen MR) is 122 cm³/mol. The molecule has 0 unspecified atom stereocenters. The summed E-state index contributed by atoms with van der Waals surface area (Å²) in [4.78, 5) is 23.4. The number of halogens is 2. The minimum Gasteiger partial charge on any atom is -0.383 e. The Labute approximate surface area is 188 Å². The van der Waals surface area contributed by atoms with Crippen molar-refractivity contribution in [2.75, 3.05) is 17.2 Å². The molecule has 4 aromatic rings. The van der Waals surface area contributed by atoms with Crippen molar-refractivity contribution in [3.8, 4) is 11.3 Å². The molecule has 2 aromatic heterocycles. The Morgan fingerprint density at radius 3 is 2.79 bits per heavy atom. The summed E-state index contributed by atoms with van der Waals surface area (Å²) >= 11 is 0. The Bertz CT molecular complexity index is 1400. The first kappa shape index (κ1) is 21.0. The lowest BCUT2D eigenvalue weighted by atomic mass is 10.0. The van der Waals surface area contributed by atoms with Gasteiger partial charge in [-0.25, -0.2) is 18.7 Å². The van der Waals surface area contributed by atoms with Crippen LogP contribution in [0, 0.1) is 11.6 Å². The molecule has 0 saturated heterocycles. The summed E-state index contributed by atoms with van der Waals surface area (Å²) in [5.74, 6) is -0.317. The van der Waals surface area contributed by atoms with Gasteiger partial charge in [-0.05, 0) is 42.3 Å². The highest BCUT2D eigenvalue weighted by Gasteiger charge is 2.26. The van der Waals surface area contributed by atoms with E-state index in [1.54, 1.807) is 4.90 Å². The number of rotatable bonds is 4. The number of nitrogens with one attached hydrogen (secondary N) is 1. The molecule has 9 heteroatoms. The number of nitrogens with zero attached hydrogens (tertiary/aromatic N) is 4. The fourth-order valence-electron chi connectivity index (χ4n) is 4.19. The predicted octanol–water partition coefficient (Wildman–Crippen LogP) is 4.14. The van der Waals surface area contributed by atoms with Crippen molar-refractivity contribution >= 4 is 28.4 Å². The minimum absolute atomic E-state index is 0.0465. The Balaban J connectivity index is 1.45. The molecule has 168 valence electrons. The van der Waals surface area contributed by atoms with E-state index < -0.39 is 11.6 Å². The van der Waals surface area contributed by atoms with Gasteiger partial charge in [0.1, 0.15) is 23.3 Å². The van der Waals surface area contributed by atoms with Gasteiger partial charge in [-0.1, -0.05) is 19.9 Å². The van der Waals surface area contributed by atoms with Gasteiger partial charge in [-0.3, -0.25) is 9.89 Å². The molecule has 7 nitrogen and oxygen atoms in total. The third kappa shape index (κ3) is 3.69. The van der Waals surface area contributed by atoms with Gasteiger partial charge in [0, 0.05) is 29.3 Å². The number of hydrogen-bond acceptors (Lipinski definition) is 5. The zero-order valence-electron chi connectivity index (χ0n) is 18.2. The molecular formula is C24H22F2N6O. The highest BCUT2D eigenvalue weighted by molar-refractivity contribution is 6.00. The number of H-pyrrole nitrogens is 1. The van der Waals surface area contributed by atoms with E-state index in [4.69, 9.17) is 5.73 Å². The number of anilines is 2. The minimum atomic E-state index is -0.592.